The van der Waals surface area contributed by atoms with Gasteiger partial charge in [0.1, 0.15) is 0 Å². The molecule has 1 heterocycles. The Morgan fingerprint density at radius 2 is 1.67 bits per heavy atom. The van der Waals surface area contributed by atoms with Gasteiger partial charge in [0.05, 0.1) is 12.7 Å². The molecule has 110 valence electrons. The van der Waals surface area contributed by atoms with E-state index in [1.807, 2.05) is 7.05 Å². The molecular formula is C19H23NO. The monoisotopic (exact) mass is 281 g/mol. The zero-order valence-corrected chi connectivity index (χ0v) is 12.8. The second-order valence-electron chi connectivity index (χ2n) is 5.89. The molecule has 0 amide bonds. The third-order valence-electron chi connectivity index (χ3n) is 4.39. The zero-order valence-electron chi connectivity index (χ0n) is 12.8. The molecule has 3 atom stereocenters. The van der Waals surface area contributed by atoms with Crippen molar-refractivity contribution in [2.24, 2.45) is 5.92 Å². The lowest BCUT2D eigenvalue weighted by molar-refractivity contribution is 0.117. The summed E-state index contributed by atoms with van der Waals surface area (Å²) in [5.41, 5.74) is 3.88. The van der Waals surface area contributed by atoms with E-state index >= 15 is 0 Å². The fourth-order valence-corrected chi connectivity index (χ4v) is 3.27. The molecule has 0 aliphatic carbocycles. The molecular weight excluding hydrogens is 258 g/mol. The first-order valence-corrected chi connectivity index (χ1v) is 7.72. The summed E-state index contributed by atoms with van der Waals surface area (Å²) in [4.78, 5) is 0. The predicted octanol–water partition coefficient (Wildman–Crippen LogP) is 4.04. The first kappa shape index (κ1) is 14.3. The quantitative estimate of drug-likeness (QED) is 0.913. The standard InChI is InChI=1S/C19H23NO/c1-14-12-18(13-21-14)19(20-2)17-10-8-16(9-11-17)15-6-4-3-5-7-15/h3-11,14,18-20H,12-13H2,1-2H3. The highest BCUT2D eigenvalue weighted by atomic mass is 16.5. The van der Waals surface area contributed by atoms with Crippen molar-refractivity contribution < 1.29 is 4.74 Å². The van der Waals surface area contributed by atoms with E-state index in [0.29, 0.717) is 18.1 Å². The van der Waals surface area contributed by atoms with Crippen LogP contribution in [0, 0.1) is 5.92 Å². The Hall–Kier alpha value is -1.64. The lowest BCUT2D eigenvalue weighted by Gasteiger charge is -2.22. The molecule has 1 aliphatic rings. The van der Waals surface area contributed by atoms with E-state index in [-0.39, 0.29) is 0 Å². The first-order valence-electron chi connectivity index (χ1n) is 7.72. The molecule has 0 spiro atoms. The SMILES string of the molecule is CNC(c1ccc(-c2ccccc2)cc1)C1COC(C)C1. The number of hydrogen-bond acceptors (Lipinski definition) is 2. The summed E-state index contributed by atoms with van der Waals surface area (Å²) < 4.78 is 5.72. The summed E-state index contributed by atoms with van der Waals surface area (Å²) in [5.74, 6) is 0.563. The Balaban J connectivity index is 1.79. The van der Waals surface area contributed by atoms with E-state index in [9.17, 15) is 0 Å². The smallest absolute Gasteiger partial charge is 0.0551 e. The molecule has 3 rings (SSSR count). The summed E-state index contributed by atoms with van der Waals surface area (Å²) >= 11 is 0. The minimum absolute atomic E-state index is 0.375. The molecule has 0 saturated carbocycles. The van der Waals surface area contributed by atoms with Gasteiger partial charge >= 0.3 is 0 Å². The van der Waals surface area contributed by atoms with Crippen LogP contribution in [0.4, 0.5) is 0 Å². The highest BCUT2D eigenvalue weighted by Crippen LogP contribution is 2.32. The van der Waals surface area contributed by atoms with Gasteiger partial charge in [-0.3, -0.25) is 0 Å². The van der Waals surface area contributed by atoms with Gasteiger partial charge in [-0.05, 0) is 37.1 Å². The molecule has 2 aromatic rings. The minimum atomic E-state index is 0.375. The van der Waals surface area contributed by atoms with Crippen LogP contribution < -0.4 is 5.32 Å². The molecule has 1 N–H and O–H groups in total. The normalized spacial score (nSPS) is 23.1. The summed E-state index contributed by atoms with van der Waals surface area (Å²) in [7, 11) is 2.04. The van der Waals surface area contributed by atoms with Gasteiger partial charge in [-0.15, -0.1) is 0 Å². The summed E-state index contributed by atoms with van der Waals surface area (Å²) in [6.45, 7) is 3.01. The predicted molar refractivity (Wildman–Crippen MR) is 87.2 cm³/mol. The van der Waals surface area contributed by atoms with Crippen LogP contribution in [-0.2, 0) is 4.74 Å². The van der Waals surface area contributed by atoms with Gasteiger partial charge in [0.2, 0.25) is 0 Å². The fraction of sp³-hybridized carbons (Fsp3) is 0.368. The highest BCUT2D eigenvalue weighted by Gasteiger charge is 2.29. The zero-order chi connectivity index (χ0) is 14.7. The number of benzene rings is 2. The van der Waals surface area contributed by atoms with Gasteiger partial charge in [-0.1, -0.05) is 54.6 Å². The lowest BCUT2D eigenvalue weighted by atomic mass is 9.90. The average molecular weight is 281 g/mol. The van der Waals surface area contributed by atoms with Crippen molar-refractivity contribution in [2.45, 2.75) is 25.5 Å². The van der Waals surface area contributed by atoms with Crippen LogP contribution in [0.5, 0.6) is 0 Å². The molecule has 3 unspecified atom stereocenters. The van der Waals surface area contributed by atoms with Crippen molar-refractivity contribution in [1.82, 2.24) is 5.32 Å². The Bertz CT molecular complexity index is 564. The van der Waals surface area contributed by atoms with E-state index in [2.05, 4.69) is 66.8 Å². The fourth-order valence-electron chi connectivity index (χ4n) is 3.27. The third-order valence-corrected chi connectivity index (χ3v) is 4.39. The Morgan fingerprint density at radius 1 is 1.00 bits per heavy atom. The van der Waals surface area contributed by atoms with Gasteiger partial charge in [0.25, 0.3) is 0 Å². The van der Waals surface area contributed by atoms with E-state index in [1.54, 1.807) is 0 Å². The van der Waals surface area contributed by atoms with E-state index < -0.39 is 0 Å². The number of hydrogen-bond donors (Lipinski definition) is 1. The third kappa shape index (κ3) is 3.17. The van der Waals surface area contributed by atoms with Crippen LogP contribution in [0.2, 0.25) is 0 Å². The second kappa shape index (κ2) is 6.42. The van der Waals surface area contributed by atoms with Crippen LogP contribution in [0.15, 0.2) is 54.6 Å². The molecule has 0 bridgehead atoms. The summed E-state index contributed by atoms with van der Waals surface area (Å²) in [6.07, 6.45) is 1.51. The topological polar surface area (TPSA) is 21.3 Å². The first-order chi connectivity index (χ1) is 10.3. The van der Waals surface area contributed by atoms with Gasteiger partial charge in [0, 0.05) is 12.0 Å². The van der Waals surface area contributed by atoms with Crippen LogP contribution in [0.1, 0.15) is 24.9 Å². The van der Waals surface area contributed by atoms with Crippen LogP contribution >= 0.6 is 0 Å². The van der Waals surface area contributed by atoms with Crippen LogP contribution in [0.25, 0.3) is 11.1 Å². The molecule has 2 nitrogen and oxygen atoms in total. The lowest BCUT2D eigenvalue weighted by Crippen LogP contribution is -2.25. The van der Waals surface area contributed by atoms with Gasteiger partial charge in [-0.25, -0.2) is 0 Å². The maximum atomic E-state index is 5.72. The largest absolute Gasteiger partial charge is 0.378 e. The van der Waals surface area contributed by atoms with Gasteiger partial charge in [-0.2, -0.15) is 0 Å². The minimum Gasteiger partial charge on any atom is -0.378 e. The van der Waals surface area contributed by atoms with Crippen molar-refractivity contribution >= 4 is 0 Å². The Labute approximate surface area is 127 Å². The Morgan fingerprint density at radius 3 is 2.24 bits per heavy atom. The number of rotatable bonds is 4. The Kier molecular flexibility index (Phi) is 4.37. The molecule has 0 radical (unpaired) electrons. The maximum Gasteiger partial charge on any atom is 0.0551 e. The highest BCUT2D eigenvalue weighted by molar-refractivity contribution is 5.63. The maximum absolute atomic E-state index is 5.72. The molecule has 1 aliphatic heterocycles. The van der Waals surface area contributed by atoms with Gasteiger partial charge < -0.3 is 10.1 Å². The van der Waals surface area contributed by atoms with Crippen molar-refractivity contribution in [2.75, 3.05) is 13.7 Å². The van der Waals surface area contributed by atoms with Crippen molar-refractivity contribution in [3.63, 3.8) is 0 Å². The molecule has 0 aromatic heterocycles. The molecule has 21 heavy (non-hydrogen) atoms. The number of ether oxygens (including phenoxy) is 1. The molecule has 1 fully saturated rings. The molecule has 2 heteroatoms. The van der Waals surface area contributed by atoms with E-state index in [4.69, 9.17) is 4.74 Å². The van der Waals surface area contributed by atoms with E-state index in [1.165, 1.54) is 16.7 Å². The molecule has 1 saturated heterocycles. The van der Waals surface area contributed by atoms with E-state index in [0.717, 1.165) is 13.0 Å². The molecule has 2 aromatic carbocycles. The van der Waals surface area contributed by atoms with Crippen LogP contribution in [0.3, 0.4) is 0 Å². The van der Waals surface area contributed by atoms with Crippen LogP contribution in [-0.4, -0.2) is 19.8 Å². The summed E-state index contributed by atoms with van der Waals surface area (Å²) in [6, 6.07) is 19.8. The number of nitrogens with one attached hydrogen (secondary N) is 1. The van der Waals surface area contributed by atoms with Crippen molar-refractivity contribution in [1.29, 1.82) is 0 Å². The van der Waals surface area contributed by atoms with Gasteiger partial charge in [0.15, 0.2) is 0 Å². The van der Waals surface area contributed by atoms with Crippen molar-refractivity contribution in [3.8, 4) is 11.1 Å². The second-order valence-corrected chi connectivity index (χ2v) is 5.89. The van der Waals surface area contributed by atoms with Crippen molar-refractivity contribution in [3.05, 3.63) is 60.2 Å². The average Bonchev–Trinajstić information content (AvgIpc) is 2.96. The summed E-state index contributed by atoms with van der Waals surface area (Å²) in [5, 5.41) is 3.46.